The summed E-state index contributed by atoms with van der Waals surface area (Å²) in [5, 5.41) is 3.38. The Morgan fingerprint density at radius 1 is 1.54 bits per heavy atom. The van der Waals surface area contributed by atoms with Crippen molar-refractivity contribution in [2.45, 2.75) is 32.2 Å². The van der Waals surface area contributed by atoms with Crippen LogP contribution >= 0.6 is 0 Å². The van der Waals surface area contributed by atoms with Gasteiger partial charge < -0.3 is 10.2 Å². The lowest BCUT2D eigenvalue weighted by atomic mass is 9.92. The summed E-state index contributed by atoms with van der Waals surface area (Å²) in [6, 6.07) is 0.501. The van der Waals surface area contributed by atoms with Gasteiger partial charge in [0.2, 0.25) is 5.91 Å². The zero-order valence-corrected chi connectivity index (χ0v) is 8.25. The molecule has 0 aromatic rings. The Hall–Kier alpha value is -0.570. The largest absolute Gasteiger partial charge is 0.338 e. The lowest BCUT2D eigenvalue weighted by molar-refractivity contribution is -0.135. The van der Waals surface area contributed by atoms with Crippen molar-refractivity contribution in [2.24, 2.45) is 5.92 Å². The molecule has 2 rings (SSSR count). The van der Waals surface area contributed by atoms with Gasteiger partial charge in [-0.15, -0.1) is 0 Å². The number of carbonyl (C=O) groups is 1. The van der Waals surface area contributed by atoms with Gasteiger partial charge in [0, 0.05) is 32.1 Å². The normalized spacial score (nSPS) is 33.2. The van der Waals surface area contributed by atoms with Gasteiger partial charge in [0.15, 0.2) is 0 Å². The highest BCUT2D eigenvalue weighted by molar-refractivity contribution is 5.76. The Kier molecular flexibility index (Phi) is 2.54. The van der Waals surface area contributed by atoms with Gasteiger partial charge in [0.25, 0.3) is 0 Å². The van der Waals surface area contributed by atoms with Crippen LogP contribution < -0.4 is 5.32 Å². The highest BCUT2D eigenvalue weighted by atomic mass is 16.2. The number of carbonyl (C=O) groups excluding carboxylic acids is 1. The molecule has 0 aliphatic carbocycles. The van der Waals surface area contributed by atoms with Crippen molar-refractivity contribution in [1.29, 1.82) is 0 Å². The molecule has 13 heavy (non-hydrogen) atoms. The van der Waals surface area contributed by atoms with Crippen molar-refractivity contribution in [3.63, 3.8) is 0 Å². The number of nitrogens with one attached hydrogen (secondary N) is 1. The van der Waals surface area contributed by atoms with E-state index >= 15 is 0 Å². The van der Waals surface area contributed by atoms with E-state index in [1.165, 1.54) is 12.8 Å². The number of piperidine rings is 1. The Morgan fingerprint density at radius 3 is 3.15 bits per heavy atom. The number of hydrogen-bond acceptors (Lipinski definition) is 2. The number of amides is 1. The SMILES string of the molecule is CCC(=O)N1CCCC2CNCC21. The number of rotatable bonds is 1. The van der Waals surface area contributed by atoms with Crippen LogP contribution in [0, 0.1) is 5.92 Å². The summed E-state index contributed by atoms with van der Waals surface area (Å²) in [6.07, 6.45) is 3.14. The number of fused-ring (bicyclic) bond motifs is 1. The number of hydrogen-bond donors (Lipinski definition) is 1. The van der Waals surface area contributed by atoms with E-state index in [0.717, 1.165) is 25.6 Å². The van der Waals surface area contributed by atoms with Crippen molar-refractivity contribution >= 4 is 5.91 Å². The Morgan fingerprint density at radius 2 is 2.38 bits per heavy atom. The minimum Gasteiger partial charge on any atom is -0.338 e. The summed E-state index contributed by atoms with van der Waals surface area (Å²) in [5.41, 5.74) is 0. The van der Waals surface area contributed by atoms with Crippen LogP contribution in [0.3, 0.4) is 0 Å². The third-order valence-electron chi connectivity index (χ3n) is 3.30. The highest BCUT2D eigenvalue weighted by Crippen LogP contribution is 2.26. The zero-order valence-electron chi connectivity index (χ0n) is 8.25. The molecule has 0 bridgehead atoms. The first kappa shape index (κ1) is 9.00. The second-order valence-corrected chi connectivity index (χ2v) is 4.07. The molecular formula is C10H18N2O. The van der Waals surface area contributed by atoms with Crippen LogP contribution in [0.4, 0.5) is 0 Å². The van der Waals surface area contributed by atoms with E-state index in [2.05, 4.69) is 10.2 Å². The standard InChI is InChI=1S/C10H18N2O/c1-2-10(13)12-5-3-4-8-6-11-7-9(8)12/h8-9,11H,2-7H2,1H3. The van der Waals surface area contributed by atoms with E-state index in [-0.39, 0.29) is 0 Å². The van der Waals surface area contributed by atoms with E-state index in [1.807, 2.05) is 6.92 Å². The first-order valence-corrected chi connectivity index (χ1v) is 5.33. The summed E-state index contributed by atoms with van der Waals surface area (Å²) >= 11 is 0. The van der Waals surface area contributed by atoms with Gasteiger partial charge in [-0.05, 0) is 18.8 Å². The number of nitrogens with zero attached hydrogens (tertiary/aromatic N) is 1. The van der Waals surface area contributed by atoms with Gasteiger partial charge in [-0.2, -0.15) is 0 Å². The fourth-order valence-electron chi connectivity index (χ4n) is 2.58. The van der Waals surface area contributed by atoms with E-state index in [0.29, 0.717) is 18.4 Å². The fourth-order valence-corrected chi connectivity index (χ4v) is 2.58. The van der Waals surface area contributed by atoms with Crippen molar-refractivity contribution in [1.82, 2.24) is 10.2 Å². The lowest BCUT2D eigenvalue weighted by Crippen LogP contribution is -2.48. The molecule has 3 heteroatoms. The molecule has 2 unspecified atom stereocenters. The summed E-state index contributed by atoms with van der Waals surface area (Å²) in [4.78, 5) is 13.7. The number of likely N-dealkylation sites (tertiary alicyclic amines) is 1. The molecule has 2 heterocycles. The minimum atomic E-state index is 0.332. The zero-order chi connectivity index (χ0) is 9.26. The maximum Gasteiger partial charge on any atom is 0.222 e. The summed E-state index contributed by atoms with van der Waals surface area (Å²) in [7, 11) is 0. The third kappa shape index (κ3) is 1.57. The molecule has 2 fully saturated rings. The van der Waals surface area contributed by atoms with Gasteiger partial charge in [-0.25, -0.2) is 0 Å². The van der Waals surface area contributed by atoms with E-state index in [4.69, 9.17) is 0 Å². The summed E-state index contributed by atoms with van der Waals surface area (Å²) in [5.74, 6) is 1.06. The molecule has 0 aromatic carbocycles. The monoisotopic (exact) mass is 182 g/mol. The predicted octanol–water partition coefficient (Wildman–Crippen LogP) is 0.607. The minimum absolute atomic E-state index is 0.332. The lowest BCUT2D eigenvalue weighted by Gasteiger charge is -2.36. The Bertz CT molecular complexity index is 205. The van der Waals surface area contributed by atoms with Gasteiger partial charge >= 0.3 is 0 Å². The molecular weight excluding hydrogens is 164 g/mol. The Balaban J connectivity index is 2.05. The molecule has 0 spiro atoms. The third-order valence-corrected chi connectivity index (χ3v) is 3.30. The summed E-state index contributed by atoms with van der Waals surface area (Å²) in [6.45, 7) is 5.05. The van der Waals surface area contributed by atoms with Crippen LogP contribution in [-0.2, 0) is 4.79 Å². The Labute approximate surface area is 79.5 Å². The van der Waals surface area contributed by atoms with Gasteiger partial charge in [-0.1, -0.05) is 6.92 Å². The molecule has 1 amide bonds. The van der Waals surface area contributed by atoms with Gasteiger partial charge in [0.1, 0.15) is 0 Å². The maximum atomic E-state index is 11.6. The van der Waals surface area contributed by atoms with Crippen LogP contribution in [0.15, 0.2) is 0 Å². The molecule has 0 radical (unpaired) electrons. The van der Waals surface area contributed by atoms with Gasteiger partial charge in [-0.3, -0.25) is 4.79 Å². The molecule has 74 valence electrons. The molecule has 2 aliphatic rings. The predicted molar refractivity (Wildman–Crippen MR) is 51.4 cm³/mol. The highest BCUT2D eigenvalue weighted by Gasteiger charge is 2.36. The fraction of sp³-hybridized carbons (Fsp3) is 0.900. The van der Waals surface area contributed by atoms with Crippen molar-refractivity contribution < 1.29 is 4.79 Å². The van der Waals surface area contributed by atoms with Crippen LogP contribution in [0.1, 0.15) is 26.2 Å². The van der Waals surface area contributed by atoms with E-state index in [1.54, 1.807) is 0 Å². The molecule has 2 aliphatic heterocycles. The first-order chi connectivity index (χ1) is 6.33. The van der Waals surface area contributed by atoms with Crippen LogP contribution in [0.25, 0.3) is 0 Å². The molecule has 3 nitrogen and oxygen atoms in total. The van der Waals surface area contributed by atoms with Crippen LogP contribution in [-0.4, -0.2) is 36.5 Å². The average molecular weight is 182 g/mol. The molecule has 2 saturated heterocycles. The molecule has 1 N–H and O–H groups in total. The second-order valence-electron chi connectivity index (χ2n) is 4.07. The smallest absolute Gasteiger partial charge is 0.222 e. The maximum absolute atomic E-state index is 11.6. The van der Waals surface area contributed by atoms with Crippen molar-refractivity contribution in [2.75, 3.05) is 19.6 Å². The topological polar surface area (TPSA) is 32.3 Å². The summed E-state index contributed by atoms with van der Waals surface area (Å²) < 4.78 is 0. The van der Waals surface area contributed by atoms with Crippen molar-refractivity contribution in [3.8, 4) is 0 Å². The van der Waals surface area contributed by atoms with E-state index < -0.39 is 0 Å². The molecule has 0 saturated carbocycles. The molecule has 2 atom stereocenters. The van der Waals surface area contributed by atoms with Crippen LogP contribution in [0.2, 0.25) is 0 Å². The van der Waals surface area contributed by atoms with Gasteiger partial charge in [0.05, 0.1) is 0 Å². The average Bonchev–Trinajstić information content (AvgIpc) is 2.63. The van der Waals surface area contributed by atoms with Crippen molar-refractivity contribution in [3.05, 3.63) is 0 Å². The quantitative estimate of drug-likeness (QED) is 0.644. The second kappa shape index (κ2) is 3.66. The first-order valence-electron chi connectivity index (χ1n) is 5.33. The van der Waals surface area contributed by atoms with Crippen LogP contribution in [0.5, 0.6) is 0 Å². The molecule has 0 aromatic heterocycles. The van der Waals surface area contributed by atoms with E-state index in [9.17, 15) is 4.79 Å².